The monoisotopic (exact) mass is 459 g/mol. The van der Waals surface area contributed by atoms with E-state index in [0.29, 0.717) is 11.6 Å². The van der Waals surface area contributed by atoms with E-state index in [1.807, 2.05) is 78.3 Å². The van der Waals surface area contributed by atoms with Crippen molar-refractivity contribution in [3.8, 4) is 11.3 Å². The fourth-order valence-corrected chi connectivity index (χ4v) is 4.67. The van der Waals surface area contributed by atoms with Crippen molar-refractivity contribution in [3.05, 3.63) is 83.6 Å². The average Bonchev–Trinajstić information content (AvgIpc) is 3.29. The summed E-state index contributed by atoms with van der Waals surface area (Å²) in [6.07, 6.45) is 5.43. The van der Waals surface area contributed by atoms with Crippen LogP contribution >= 0.6 is 11.6 Å². The molecule has 0 aliphatic carbocycles. The molecule has 0 bridgehead atoms. The molecule has 0 radical (unpaired) electrons. The Morgan fingerprint density at radius 3 is 2.82 bits per heavy atom. The Hall–Kier alpha value is -3.38. The van der Waals surface area contributed by atoms with Gasteiger partial charge in [-0.3, -0.25) is 4.79 Å². The third-order valence-corrected chi connectivity index (χ3v) is 6.48. The second-order valence-electron chi connectivity index (χ2n) is 8.55. The number of anilines is 1. The first-order valence-corrected chi connectivity index (χ1v) is 11.7. The van der Waals surface area contributed by atoms with Crippen LogP contribution in [0.4, 0.5) is 5.82 Å². The lowest BCUT2D eigenvalue weighted by molar-refractivity contribution is -0.125. The van der Waals surface area contributed by atoms with Gasteiger partial charge in [-0.15, -0.1) is 0 Å². The lowest BCUT2D eigenvalue weighted by Gasteiger charge is -2.33. The maximum atomic E-state index is 13.1. The molecular formula is C26H26ClN5O. The summed E-state index contributed by atoms with van der Waals surface area (Å²) in [6.45, 7) is 3.53. The molecule has 5 rings (SSSR count). The summed E-state index contributed by atoms with van der Waals surface area (Å²) in [7, 11) is 0. The van der Waals surface area contributed by atoms with Crippen LogP contribution in [-0.2, 0) is 4.79 Å². The molecule has 1 fully saturated rings. The minimum absolute atomic E-state index is 0.0225. The summed E-state index contributed by atoms with van der Waals surface area (Å²) in [5.74, 6) is 0.866. The highest BCUT2D eigenvalue weighted by molar-refractivity contribution is 6.30. The van der Waals surface area contributed by atoms with E-state index < -0.39 is 0 Å². The van der Waals surface area contributed by atoms with Gasteiger partial charge in [-0.25, -0.2) is 9.50 Å². The minimum atomic E-state index is -0.0812. The molecule has 7 heteroatoms. The van der Waals surface area contributed by atoms with Gasteiger partial charge in [0.15, 0.2) is 5.82 Å². The van der Waals surface area contributed by atoms with Crippen molar-refractivity contribution >= 4 is 28.8 Å². The van der Waals surface area contributed by atoms with Crippen molar-refractivity contribution in [3.63, 3.8) is 0 Å². The van der Waals surface area contributed by atoms with Gasteiger partial charge in [-0.1, -0.05) is 54.1 Å². The van der Waals surface area contributed by atoms with Gasteiger partial charge in [-0.05, 0) is 43.5 Å². The number of amides is 1. The van der Waals surface area contributed by atoms with Crippen molar-refractivity contribution in [1.29, 1.82) is 0 Å². The molecule has 0 unspecified atom stereocenters. The van der Waals surface area contributed by atoms with Gasteiger partial charge in [0.05, 0.1) is 17.7 Å². The quantitative estimate of drug-likeness (QED) is 0.448. The number of aromatic nitrogens is 3. The molecule has 1 aliphatic heterocycles. The number of benzene rings is 2. The molecule has 4 aromatic rings. The van der Waals surface area contributed by atoms with Crippen molar-refractivity contribution in [2.75, 3.05) is 18.0 Å². The Morgan fingerprint density at radius 1 is 1.15 bits per heavy atom. The first kappa shape index (κ1) is 21.5. The molecule has 168 valence electrons. The van der Waals surface area contributed by atoms with Gasteiger partial charge >= 0.3 is 0 Å². The summed E-state index contributed by atoms with van der Waals surface area (Å²) < 4.78 is 1.85. The van der Waals surface area contributed by atoms with E-state index in [1.165, 1.54) is 0 Å². The number of fused-ring (bicyclic) bond motifs is 1. The Bertz CT molecular complexity index is 1270. The minimum Gasteiger partial charge on any atom is -0.354 e. The van der Waals surface area contributed by atoms with E-state index in [-0.39, 0.29) is 17.9 Å². The number of rotatable bonds is 5. The first-order chi connectivity index (χ1) is 16.1. The largest absolute Gasteiger partial charge is 0.354 e. The Labute approximate surface area is 198 Å². The Balaban J connectivity index is 1.36. The zero-order valence-corrected chi connectivity index (χ0v) is 19.2. The molecule has 33 heavy (non-hydrogen) atoms. The van der Waals surface area contributed by atoms with Crippen LogP contribution in [0.25, 0.3) is 16.8 Å². The fourth-order valence-electron chi connectivity index (χ4n) is 4.48. The van der Waals surface area contributed by atoms with Gasteiger partial charge in [0.25, 0.3) is 0 Å². The Kier molecular flexibility index (Phi) is 6.01. The lowest BCUT2D eigenvalue weighted by atomic mass is 9.96. The molecule has 0 saturated carbocycles. The van der Waals surface area contributed by atoms with Gasteiger partial charge < -0.3 is 10.2 Å². The predicted molar refractivity (Wildman–Crippen MR) is 131 cm³/mol. The smallest absolute Gasteiger partial charge is 0.225 e. The molecule has 1 saturated heterocycles. The number of hydrogen-bond acceptors (Lipinski definition) is 4. The SMILES string of the molecule is C[C@H](NC(=O)[C@H]1CCCN(c2nccn3nc(-c4cccc(Cl)c4)cc23)C1)c1ccccc1. The van der Waals surface area contributed by atoms with Crippen LogP contribution in [0.5, 0.6) is 0 Å². The normalized spacial score (nSPS) is 17.2. The van der Waals surface area contributed by atoms with Crippen LogP contribution in [0.2, 0.25) is 5.02 Å². The van der Waals surface area contributed by atoms with Crippen molar-refractivity contribution < 1.29 is 4.79 Å². The third kappa shape index (κ3) is 4.57. The molecular weight excluding hydrogens is 434 g/mol. The third-order valence-electron chi connectivity index (χ3n) is 6.24. The number of nitrogens with zero attached hydrogens (tertiary/aromatic N) is 4. The number of carbonyl (C=O) groups is 1. The average molecular weight is 460 g/mol. The number of nitrogens with one attached hydrogen (secondary N) is 1. The van der Waals surface area contributed by atoms with E-state index in [2.05, 4.69) is 15.2 Å². The topological polar surface area (TPSA) is 62.5 Å². The molecule has 1 aliphatic rings. The van der Waals surface area contributed by atoms with Crippen LogP contribution in [-0.4, -0.2) is 33.6 Å². The van der Waals surface area contributed by atoms with Gasteiger partial charge in [0.2, 0.25) is 5.91 Å². The van der Waals surface area contributed by atoms with Gasteiger partial charge in [-0.2, -0.15) is 5.10 Å². The van der Waals surface area contributed by atoms with Crippen molar-refractivity contribution in [1.82, 2.24) is 19.9 Å². The summed E-state index contributed by atoms with van der Waals surface area (Å²) in [4.78, 5) is 19.9. The van der Waals surface area contributed by atoms with E-state index in [0.717, 1.165) is 47.5 Å². The first-order valence-electron chi connectivity index (χ1n) is 11.3. The molecule has 3 heterocycles. The lowest BCUT2D eigenvalue weighted by Crippen LogP contribution is -2.44. The molecule has 2 aromatic carbocycles. The molecule has 1 N–H and O–H groups in total. The van der Waals surface area contributed by atoms with E-state index in [1.54, 1.807) is 6.20 Å². The van der Waals surface area contributed by atoms with Crippen LogP contribution in [0.3, 0.4) is 0 Å². The second-order valence-corrected chi connectivity index (χ2v) is 8.98. The summed E-state index contributed by atoms with van der Waals surface area (Å²) in [5, 5.41) is 8.59. The standard InChI is InChI=1S/C26H26ClN5O/c1-18(19-7-3-2-4-8-19)29-26(33)21-10-6-13-31(17-21)25-24-16-23(30-32(24)14-12-28-25)20-9-5-11-22(27)15-20/h2-5,7-9,11-12,14-16,18,21H,6,10,13,17H2,1H3,(H,29,33)/t18-,21-/m0/s1. The van der Waals surface area contributed by atoms with Gasteiger partial charge in [0.1, 0.15) is 5.52 Å². The Morgan fingerprint density at radius 2 is 2.00 bits per heavy atom. The molecule has 0 spiro atoms. The maximum Gasteiger partial charge on any atom is 0.225 e. The predicted octanol–water partition coefficient (Wildman–Crippen LogP) is 5.14. The van der Waals surface area contributed by atoms with Crippen molar-refractivity contribution in [2.24, 2.45) is 5.92 Å². The zero-order chi connectivity index (χ0) is 22.8. The summed E-state index contributed by atoms with van der Waals surface area (Å²) >= 11 is 6.17. The molecule has 1 amide bonds. The molecule has 2 atom stereocenters. The van der Waals surface area contributed by atoms with Crippen LogP contribution < -0.4 is 10.2 Å². The summed E-state index contributed by atoms with van der Waals surface area (Å²) in [6, 6.07) is 19.8. The highest BCUT2D eigenvalue weighted by Crippen LogP contribution is 2.29. The van der Waals surface area contributed by atoms with E-state index in [9.17, 15) is 4.79 Å². The highest BCUT2D eigenvalue weighted by atomic mass is 35.5. The molecule has 6 nitrogen and oxygen atoms in total. The van der Waals surface area contributed by atoms with Crippen LogP contribution in [0.15, 0.2) is 73.1 Å². The highest BCUT2D eigenvalue weighted by Gasteiger charge is 2.28. The van der Waals surface area contributed by atoms with Crippen LogP contribution in [0, 0.1) is 5.92 Å². The maximum absolute atomic E-state index is 13.1. The summed E-state index contributed by atoms with van der Waals surface area (Å²) in [5.41, 5.74) is 3.83. The number of piperidine rings is 1. The van der Waals surface area contributed by atoms with E-state index in [4.69, 9.17) is 16.7 Å². The second kappa shape index (κ2) is 9.24. The number of hydrogen-bond donors (Lipinski definition) is 1. The van der Waals surface area contributed by atoms with E-state index >= 15 is 0 Å². The van der Waals surface area contributed by atoms with Crippen LogP contribution in [0.1, 0.15) is 31.4 Å². The fraction of sp³-hybridized carbons (Fsp3) is 0.269. The number of carbonyl (C=O) groups excluding carboxylic acids is 1. The number of halogens is 1. The van der Waals surface area contributed by atoms with Crippen molar-refractivity contribution in [2.45, 2.75) is 25.8 Å². The zero-order valence-electron chi connectivity index (χ0n) is 18.5. The van der Waals surface area contributed by atoms with Gasteiger partial charge in [0, 0.05) is 36.1 Å². The molecule has 2 aromatic heterocycles.